The first kappa shape index (κ1) is 14.3. The highest BCUT2D eigenvalue weighted by atomic mass is 35.5. The monoisotopic (exact) mass is 326 g/mol. The molecule has 0 fully saturated rings. The maximum atomic E-state index is 13.7. The fourth-order valence-corrected chi connectivity index (χ4v) is 2.69. The molecule has 0 unspecified atom stereocenters. The lowest BCUT2D eigenvalue weighted by molar-refractivity contribution is 0.620. The van der Waals surface area contributed by atoms with Crippen LogP contribution in [-0.2, 0) is 5.88 Å². The molecule has 108 valence electrons. The summed E-state index contributed by atoms with van der Waals surface area (Å²) in [7, 11) is 0. The number of halogens is 4. The van der Waals surface area contributed by atoms with Gasteiger partial charge in [-0.15, -0.1) is 11.6 Å². The first-order valence-electron chi connectivity index (χ1n) is 6.19. The molecule has 0 amide bonds. The van der Waals surface area contributed by atoms with Crippen molar-refractivity contribution in [2.45, 2.75) is 12.8 Å². The van der Waals surface area contributed by atoms with Crippen molar-refractivity contribution < 1.29 is 8.78 Å². The van der Waals surface area contributed by atoms with Gasteiger partial charge in [0.25, 0.3) is 0 Å². The lowest BCUT2D eigenvalue weighted by Gasteiger charge is -2.09. The number of fused-ring (bicyclic) bond motifs is 1. The number of rotatable bonds is 2. The van der Waals surface area contributed by atoms with Crippen molar-refractivity contribution in [3.63, 3.8) is 0 Å². The van der Waals surface area contributed by atoms with Crippen LogP contribution in [0, 0.1) is 18.6 Å². The van der Waals surface area contributed by atoms with Crippen LogP contribution < -0.4 is 0 Å². The van der Waals surface area contributed by atoms with Gasteiger partial charge >= 0.3 is 0 Å². The number of aromatic nitrogens is 2. The second-order valence-electron chi connectivity index (χ2n) is 4.71. The molecule has 0 atom stereocenters. The zero-order valence-electron chi connectivity index (χ0n) is 11.0. The average Bonchev–Trinajstić information content (AvgIpc) is 2.75. The van der Waals surface area contributed by atoms with Gasteiger partial charge in [0.1, 0.15) is 17.5 Å². The van der Waals surface area contributed by atoms with Gasteiger partial charge < -0.3 is 0 Å². The molecular weight excluding hydrogens is 317 g/mol. The van der Waals surface area contributed by atoms with Gasteiger partial charge in [0, 0.05) is 11.1 Å². The first-order chi connectivity index (χ1) is 9.99. The maximum Gasteiger partial charge on any atom is 0.129 e. The minimum Gasteiger partial charge on any atom is -0.295 e. The van der Waals surface area contributed by atoms with E-state index in [0.29, 0.717) is 28.1 Å². The summed E-state index contributed by atoms with van der Waals surface area (Å²) in [6.07, 6.45) is 0. The molecule has 1 aromatic heterocycles. The number of hydrogen-bond donors (Lipinski definition) is 0. The molecule has 0 aliphatic heterocycles. The van der Waals surface area contributed by atoms with Crippen LogP contribution in [0.15, 0.2) is 30.3 Å². The quantitative estimate of drug-likeness (QED) is 0.605. The van der Waals surface area contributed by atoms with E-state index < -0.39 is 5.82 Å². The third-order valence-electron chi connectivity index (χ3n) is 3.23. The molecule has 0 aliphatic carbocycles. The molecular formula is C15H10Cl2F2N2. The molecule has 6 heteroatoms. The molecule has 0 spiro atoms. The first-order valence-corrected chi connectivity index (χ1v) is 7.11. The Bertz CT molecular complexity index is 823. The van der Waals surface area contributed by atoms with Gasteiger partial charge in [-0.3, -0.25) is 4.57 Å². The normalized spacial score (nSPS) is 11.3. The number of hydrogen-bond acceptors (Lipinski definition) is 1. The van der Waals surface area contributed by atoms with Crippen LogP contribution in [-0.4, -0.2) is 9.55 Å². The highest BCUT2D eigenvalue weighted by Crippen LogP contribution is 2.27. The number of aryl methyl sites for hydroxylation is 1. The molecule has 0 saturated heterocycles. The van der Waals surface area contributed by atoms with Gasteiger partial charge in [0.15, 0.2) is 0 Å². The number of nitrogens with zero attached hydrogens (tertiary/aromatic N) is 2. The third kappa shape index (κ3) is 2.49. The van der Waals surface area contributed by atoms with E-state index in [4.69, 9.17) is 23.2 Å². The van der Waals surface area contributed by atoms with Crippen LogP contribution in [0.1, 0.15) is 11.4 Å². The Morgan fingerprint density at radius 1 is 1.14 bits per heavy atom. The van der Waals surface area contributed by atoms with Crippen molar-refractivity contribution in [3.8, 4) is 5.69 Å². The summed E-state index contributed by atoms with van der Waals surface area (Å²) in [5.41, 5.74) is 2.11. The Morgan fingerprint density at radius 3 is 2.57 bits per heavy atom. The summed E-state index contributed by atoms with van der Waals surface area (Å²) >= 11 is 11.8. The molecule has 2 nitrogen and oxygen atoms in total. The van der Waals surface area contributed by atoms with Crippen LogP contribution in [0.4, 0.5) is 8.78 Å². The molecule has 21 heavy (non-hydrogen) atoms. The smallest absolute Gasteiger partial charge is 0.129 e. The SMILES string of the molecule is Cc1cc2c(cc1F)nc(CCl)n2-c1cc(F)cc(Cl)c1. The van der Waals surface area contributed by atoms with E-state index in [1.165, 1.54) is 18.2 Å². The van der Waals surface area contributed by atoms with Crippen molar-refractivity contribution in [2.75, 3.05) is 0 Å². The van der Waals surface area contributed by atoms with E-state index in [0.717, 1.165) is 0 Å². The molecule has 0 aliphatic rings. The number of imidazole rings is 1. The minimum atomic E-state index is -0.460. The van der Waals surface area contributed by atoms with Crippen LogP contribution in [0.2, 0.25) is 5.02 Å². The second kappa shape index (κ2) is 5.28. The zero-order chi connectivity index (χ0) is 15.1. The minimum absolute atomic E-state index is 0.115. The van der Waals surface area contributed by atoms with Crippen molar-refractivity contribution in [2.24, 2.45) is 0 Å². The highest BCUT2D eigenvalue weighted by molar-refractivity contribution is 6.30. The van der Waals surface area contributed by atoms with Gasteiger partial charge in [-0.2, -0.15) is 0 Å². The predicted molar refractivity (Wildman–Crippen MR) is 80.3 cm³/mol. The summed E-state index contributed by atoms with van der Waals surface area (Å²) in [5, 5.41) is 0.270. The Morgan fingerprint density at radius 2 is 1.90 bits per heavy atom. The molecule has 2 aromatic carbocycles. The Hall–Kier alpha value is -1.65. The summed E-state index contributed by atoms with van der Waals surface area (Å²) < 4.78 is 28.9. The standard InChI is InChI=1S/C15H10Cl2F2N2/c1-8-2-14-13(6-12(8)19)20-15(7-16)21(14)11-4-9(17)3-10(18)5-11/h2-6H,7H2,1H3. The van der Waals surface area contributed by atoms with Crippen LogP contribution >= 0.6 is 23.2 Å². The summed E-state index contributed by atoms with van der Waals surface area (Å²) in [5.74, 6) is -0.189. The molecule has 0 saturated carbocycles. The van der Waals surface area contributed by atoms with Crippen molar-refractivity contribution >= 4 is 34.2 Å². The molecule has 0 radical (unpaired) electrons. The maximum absolute atomic E-state index is 13.7. The molecule has 0 N–H and O–H groups in total. The van der Waals surface area contributed by atoms with Crippen molar-refractivity contribution in [3.05, 3.63) is 58.4 Å². The Labute approximate surface area is 129 Å². The van der Waals surface area contributed by atoms with E-state index in [1.54, 1.807) is 23.6 Å². The molecule has 1 heterocycles. The van der Waals surface area contributed by atoms with E-state index in [9.17, 15) is 8.78 Å². The van der Waals surface area contributed by atoms with Crippen LogP contribution in [0.3, 0.4) is 0 Å². The van der Waals surface area contributed by atoms with Gasteiger partial charge in [-0.1, -0.05) is 11.6 Å². The topological polar surface area (TPSA) is 17.8 Å². The molecule has 0 bridgehead atoms. The van der Waals surface area contributed by atoms with Crippen LogP contribution in [0.5, 0.6) is 0 Å². The Balaban J connectivity index is 2.36. The van der Waals surface area contributed by atoms with E-state index in [1.807, 2.05) is 0 Å². The lowest BCUT2D eigenvalue weighted by Crippen LogP contribution is -2.00. The summed E-state index contributed by atoms with van der Waals surface area (Å²) in [6, 6.07) is 7.17. The van der Waals surface area contributed by atoms with Crippen molar-refractivity contribution in [1.29, 1.82) is 0 Å². The van der Waals surface area contributed by atoms with Gasteiger partial charge in [0.2, 0.25) is 0 Å². The average molecular weight is 327 g/mol. The zero-order valence-corrected chi connectivity index (χ0v) is 12.5. The van der Waals surface area contributed by atoms with Crippen molar-refractivity contribution in [1.82, 2.24) is 9.55 Å². The third-order valence-corrected chi connectivity index (χ3v) is 3.69. The summed E-state index contributed by atoms with van der Waals surface area (Å²) in [4.78, 5) is 4.29. The molecule has 3 rings (SSSR count). The number of alkyl halides is 1. The molecule has 3 aromatic rings. The van der Waals surface area contributed by atoms with Crippen LogP contribution in [0.25, 0.3) is 16.7 Å². The van der Waals surface area contributed by atoms with Gasteiger partial charge in [-0.25, -0.2) is 13.8 Å². The fraction of sp³-hybridized carbons (Fsp3) is 0.133. The van der Waals surface area contributed by atoms with E-state index in [-0.39, 0.29) is 16.7 Å². The van der Waals surface area contributed by atoms with E-state index in [2.05, 4.69) is 4.98 Å². The largest absolute Gasteiger partial charge is 0.295 e. The fourth-order valence-electron chi connectivity index (χ4n) is 2.30. The summed E-state index contributed by atoms with van der Waals surface area (Å²) in [6.45, 7) is 1.66. The highest BCUT2D eigenvalue weighted by Gasteiger charge is 2.15. The van der Waals surface area contributed by atoms with E-state index >= 15 is 0 Å². The number of benzene rings is 2. The van der Waals surface area contributed by atoms with Gasteiger partial charge in [-0.05, 0) is 36.8 Å². The van der Waals surface area contributed by atoms with Gasteiger partial charge in [0.05, 0.1) is 22.6 Å². The lowest BCUT2D eigenvalue weighted by atomic mass is 10.2. The Kier molecular flexibility index (Phi) is 3.59. The predicted octanol–water partition coefficient (Wildman–Crippen LogP) is 5.00. The second-order valence-corrected chi connectivity index (χ2v) is 5.42.